The predicted molar refractivity (Wildman–Crippen MR) is 80.0 cm³/mol. The van der Waals surface area contributed by atoms with Crippen LogP contribution in [0.5, 0.6) is 0 Å². The Balaban J connectivity index is 2.53. The fourth-order valence-electron chi connectivity index (χ4n) is 1.62. The quantitative estimate of drug-likeness (QED) is 0.625. The summed E-state index contributed by atoms with van der Waals surface area (Å²) in [5, 5.41) is 5.64. The first kappa shape index (κ1) is 16.7. The monoisotopic (exact) mass is 317 g/mol. The molecule has 0 atom stereocenters. The molecule has 0 aliphatic heterocycles. The minimum atomic E-state index is -0.445. The van der Waals surface area contributed by atoms with Crippen LogP contribution in [0.4, 0.5) is 5.69 Å². The highest BCUT2D eigenvalue weighted by atomic mass is 35.5. The second kappa shape index (κ2) is 8.07. The Labute approximate surface area is 128 Å². The highest BCUT2D eigenvalue weighted by Gasteiger charge is 2.14. The molecule has 110 valence electrons. The van der Waals surface area contributed by atoms with Gasteiger partial charge in [-0.05, 0) is 25.0 Å². The van der Waals surface area contributed by atoms with Crippen molar-refractivity contribution in [3.8, 4) is 0 Å². The van der Waals surface area contributed by atoms with E-state index in [0.717, 1.165) is 12.8 Å². The SMILES string of the molecule is CCC(CC)NC(=O)CC(=O)Nc1ccc(Cl)nc1Cl. The number of carbonyl (C=O) groups is 2. The molecule has 1 rings (SSSR count). The Morgan fingerprint density at radius 3 is 2.40 bits per heavy atom. The van der Waals surface area contributed by atoms with Crippen LogP contribution in [0, 0.1) is 0 Å². The van der Waals surface area contributed by atoms with Crippen molar-refractivity contribution in [3.63, 3.8) is 0 Å². The van der Waals surface area contributed by atoms with Gasteiger partial charge in [0.2, 0.25) is 11.8 Å². The molecule has 1 aromatic heterocycles. The molecule has 0 aliphatic rings. The van der Waals surface area contributed by atoms with E-state index in [4.69, 9.17) is 23.2 Å². The van der Waals surface area contributed by atoms with Crippen LogP contribution >= 0.6 is 23.2 Å². The maximum absolute atomic E-state index is 11.7. The number of nitrogens with one attached hydrogen (secondary N) is 2. The third kappa shape index (κ3) is 5.35. The molecule has 0 aliphatic carbocycles. The zero-order chi connectivity index (χ0) is 15.1. The summed E-state index contributed by atoms with van der Waals surface area (Å²) < 4.78 is 0. The van der Waals surface area contributed by atoms with Crippen molar-refractivity contribution in [1.29, 1.82) is 0 Å². The third-order valence-electron chi connectivity index (χ3n) is 2.76. The Morgan fingerprint density at radius 2 is 1.85 bits per heavy atom. The number of halogens is 2. The van der Waals surface area contributed by atoms with Crippen LogP contribution in [0.25, 0.3) is 0 Å². The van der Waals surface area contributed by atoms with Crippen LogP contribution < -0.4 is 10.6 Å². The van der Waals surface area contributed by atoms with Crippen molar-refractivity contribution in [2.24, 2.45) is 0 Å². The van der Waals surface area contributed by atoms with Gasteiger partial charge in [0.1, 0.15) is 11.6 Å². The number of anilines is 1. The summed E-state index contributed by atoms with van der Waals surface area (Å²) in [7, 11) is 0. The molecule has 0 radical (unpaired) electrons. The van der Waals surface area contributed by atoms with Gasteiger partial charge in [-0.3, -0.25) is 9.59 Å². The molecule has 0 bridgehead atoms. The van der Waals surface area contributed by atoms with Crippen molar-refractivity contribution >= 4 is 40.7 Å². The summed E-state index contributed by atoms with van der Waals surface area (Å²) in [6.07, 6.45) is 1.41. The zero-order valence-electron chi connectivity index (χ0n) is 11.4. The fraction of sp³-hybridized carbons (Fsp3) is 0.462. The van der Waals surface area contributed by atoms with Crippen LogP contribution in [-0.2, 0) is 9.59 Å². The number of hydrogen-bond acceptors (Lipinski definition) is 3. The van der Waals surface area contributed by atoms with Crippen LogP contribution in [-0.4, -0.2) is 22.8 Å². The third-order valence-corrected chi connectivity index (χ3v) is 3.26. The van der Waals surface area contributed by atoms with E-state index in [1.165, 1.54) is 12.1 Å². The lowest BCUT2D eigenvalue weighted by Crippen LogP contribution is -2.36. The van der Waals surface area contributed by atoms with Gasteiger partial charge in [0.05, 0.1) is 5.69 Å². The van der Waals surface area contributed by atoms with Crippen molar-refractivity contribution in [2.75, 3.05) is 5.32 Å². The van der Waals surface area contributed by atoms with Crippen molar-refractivity contribution < 1.29 is 9.59 Å². The second-order valence-electron chi connectivity index (χ2n) is 4.28. The van der Waals surface area contributed by atoms with Crippen LogP contribution in [0.1, 0.15) is 33.1 Å². The smallest absolute Gasteiger partial charge is 0.233 e. The van der Waals surface area contributed by atoms with E-state index in [-0.39, 0.29) is 28.7 Å². The molecular weight excluding hydrogens is 301 g/mol. The van der Waals surface area contributed by atoms with Gasteiger partial charge >= 0.3 is 0 Å². The summed E-state index contributed by atoms with van der Waals surface area (Å²) >= 11 is 11.5. The second-order valence-corrected chi connectivity index (χ2v) is 5.02. The lowest BCUT2D eigenvalue weighted by atomic mass is 10.1. The number of amides is 2. The van der Waals surface area contributed by atoms with Gasteiger partial charge in [-0.25, -0.2) is 4.98 Å². The Bertz CT molecular complexity index is 491. The first-order valence-electron chi connectivity index (χ1n) is 6.37. The number of nitrogens with zero attached hydrogens (tertiary/aromatic N) is 1. The molecule has 5 nitrogen and oxygen atoms in total. The van der Waals surface area contributed by atoms with Crippen LogP contribution in [0.15, 0.2) is 12.1 Å². The van der Waals surface area contributed by atoms with Crippen molar-refractivity contribution in [3.05, 3.63) is 22.4 Å². The Kier molecular flexibility index (Phi) is 6.75. The van der Waals surface area contributed by atoms with Gasteiger partial charge < -0.3 is 10.6 Å². The standard InChI is InChI=1S/C13H17Cl2N3O2/c1-3-8(4-2)16-11(19)7-12(20)17-9-5-6-10(14)18-13(9)15/h5-6,8H,3-4,7H2,1-2H3,(H,16,19)(H,17,20). The van der Waals surface area contributed by atoms with Crippen LogP contribution in [0.3, 0.4) is 0 Å². The first-order chi connectivity index (χ1) is 9.46. The molecule has 0 saturated heterocycles. The predicted octanol–water partition coefficient (Wildman–Crippen LogP) is 3.02. The molecule has 0 saturated carbocycles. The van der Waals surface area contributed by atoms with Gasteiger partial charge in [0.15, 0.2) is 5.15 Å². The Hall–Kier alpha value is -1.33. The minimum absolute atomic E-state index is 0.0891. The molecule has 2 amide bonds. The maximum Gasteiger partial charge on any atom is 0.233 e. The molecule has 1 heterocycles. The first-order valence-corrected chi connectivity index (χ1v) is 7.13. The van der Waals surface area contributed by atoms with E-state index < -0.39 is 5.91 Å². The van der Waals surface area contributed by atoms with Crippen molar-refractivity contribution in [2.45, 2.75) is 39.2 Å². The van der Waals surface area contributed by atoms with Gasteiger partial charge in [-0.2, -0.15) is 0 Å². The van der Waals surface area contributed by atoms with E-state index >= 15 is 0 Å². The van der Waals surface area contributed by atoms with Gasteiger partial charge in [-0.1, -0.05) is 37.0 Å². The summed E-state index contributed by atoms with van der Waals surface area (Å²) in [6, 6.07) is 3.14. The van der Waals surface area contributed by atoms with E-state index in [0.29, 0.717) is 5.69 Å². The average Bonchev–Trinajstić information content (AvgIpc) is 2.39. The highest BCUT2D eigenvalue weighted by molar-refractivity contribution is 6.34. The molecule has 0 aromatic carbocycles. The molecule has 2 N–H and O–H groups in total. The molecule has 0 spiro atoms. The molecule has 7 heteroatoms. The van der Waals surface area contributed by atoms with Gasteiger partial charge in [0, 0.05) is 6.04 Å². The van der Waals surface area contributed by atoms with Gasteiger partial charge in [-0.15, -0.1) is 0 Å². The normalized spacial score (nSPS) is 10.4. The lowest BCUT2D eigenvalue weighted by Gasteiger charge is -2.14. The topological polar surface area (TPSA) is 71.1 Å². The van der Waals surface area contributed by atoms with E-state index in [1.807, 2.05) is 13.8 Å². The molecule has 1 aromatic rings. The van der Waals surface area contributed by atoms with E-state index in [2.05, 4.69) is 15.6 Å². The molecule has 20 heavy (non-hydrogen) atoms. The van der Waals surface area contributed by atoms with Crippen LogP contribution in [0.2, 0.25) is 10.3 Å². The summed E-state index contributed by atoms with van der Waals surface area (Å²) in [5.41, 5.74) is 0.330. The van der Waals surface area contributed by atoms with E-state index in [9.17, 15) is 9.59 Å². The van der Waals surface area contributed by atoms with Crippen molar-refractivity contribution in [1.82, 2.24) is 10.3 Å². The van der Waals surface area contributed by atoms with Gasteiger partial charge in [0.25, 0.3) is 0 Å². The largest absolute Gasteiger partial charge is 0.353 e. The number of hydrogen-bond donors (Lipinski definition) is 2. The minimum Gasteiger partial charge on any atom is -0.353 e. The number of pyridine rings is 1. The summed E-state index contributed by atoms with van der Waals surface area (Å²) in [4.78, 5) is 27.2. The summed E-state index contributed by atoms with van der Waals surface area (Å²) in [5.74, 6) is -0.756. The van der Waals surface area contributed by atoms with E-state index in [1.54, 1.807) is 0 Å². The number of rotatable bonds is 6. The number of carbonyl (C=O) groups excluding carboxylic acids is 2. The molecular formula is C13H17Cl2N3O2. The highest BCUT2D eigenvalue weighted by Crippen LogP contribution is 2.21. The maximum atomic E-state index is 11.7. The fourth-order valence-corrected chi connectivity index (χ4v) is 2.01. The summed E-state index contributed by atoms with van der Waals surface area (Å²) in [6.45, 7) is 3.96. The average molecular weight is 318 g/mol. The lowest BCUT2D eigenvalue weighted by molar-refractivity contribution is -0.127. The molecule has 0 fully saturated rings. The zero-order valence-corrected chi connectivity index (χ0v) is 12.9. The number of aromatic nitrogens is 1. The Morgan fingerprint density at radius 1 is 1.20 bits per heavy atom. The molecule has 0 unspecified atom stereocenters.